The second kappa shape index (κ2) is 9.17. The van der Waals surface area contributed by atoms with Crippen molar-refractivity contribution < 1.29 is 0 Å². The van der Waals surface area contributed by atoms with Gasteiger partial charge >= 0.3 is 0 Å². The molecule has 110 valence electrons. The summed E-state index contributed by atoms with van der Waals surface area (Å²) < 4.78 is 2.53. The molecule has 0 aliphatic rings. The van der Waals surface area contributed by atoms with E-state index < -0.39 is 0 Å². The van der Waals surface area contributed by atoms with E-state index in [9.17, 15) is 0 Å². The van der Waals surface area contributed by atoms with Crippen LogP contribution in [0.1, 0.15) is 83.4 Å². The molecule has 0 fully saturated rings. The summed E-state index contributed by atoms with van der Waals surface area (Å²) >= 11 is 0. The first-order chi connectivity index (χ1) is 9.28. The number of hydrogen-bond donors (Lipinski definition) is 0. The van der Waals surface area contributed by atoms with Gasteiger partial charge in [0.05, 0.1) is 5.69 Å². The lowest BCUT2D eigenvalue weighted by Gasteiger charge is -2.11. The van der Waals surface area contributed by atoms with Crippen LogP contribution in [-0.2, 0) is 25.8 Å². The first kappa shape index (κ1) is 16.3. The molecule has 0 spiro atoms. The molecule has 1 aromatic heterocycles. The predicted molar refractivity (Wildman–Crippen MR) is 83.7 cm³/mol. The zero-order chi connectivity index (χ0) is 14.1. The highest BCUT2D eigenvalue weighted by atomic mass is 15.1. The molecule has 0 unspecified atom stereocenters. The van der Waals surface area contributed by atoms with E-state index in [-0.39, 0.29) is 0 Å². The third-order valence-corrected chi connectivity index (χ3v) is 3.83. The maximum atomic E-state index is 4.97. The Labute approximate surface area is 119 Å². The maximum Gasteiger partial charge on any atom is 0.109 e. The van der Waals surface area contributed by atoms with Crippen LogP contribution in [-0.4, -0.2) is 9.55 Å². The normalized spacial score (nSPS) is 11.2. The van der Waals surface area contributed by atoms with Gasteiger partial charge in [0, 0.05) is 18.7 Å². The summed E-state index contributed by atoms with van der Waals surface area (Å²) in [5, 5.41) is 0. The van der Waals surface area contributed by atoms with E-state index in [2.05, 4.69) is 32.3 Å². The standard InChI is InChI=1S/C17H32N2/c1-5-9-12-15-16(8-4)19(14-11-7-3)17(18-15)13-10-6-2/h5-14H2,1-4H3. The van der Waals surface area contributed by atoms with Crippen LogP contribution in [0.3, 0.4) is 0 Å². The fourth-order valence-corrected chi connectivity index (χ4v) is 2.64. The average molecular weight is 264 g/mol. The van der Waals surface area contributed by atoms with Gasteiger partial charge in [0.15, 0.2) is 0 Å². The van der Waals surface area contributed by atoms with E-state index in [1.807, 2.05) is 0 Å². The molecule has 0 radical (unpaired) electrons. The Hall–Kier alpha value is -0.790. The van der Waals surface area contributed by atoms with Crippen LogP contribution in [0, 0.1) is 0 Å². The van der Waals surface area contributed by atoms with Gasteiger partial charge in [-0.25, -0.2) is 4.98 Å². The SMILES string of the molecule is CCCCc1nc(CCCC)n(CCCC)c1CC. The number of aryl methyl sites for hydroxylation is 2. The Morgan fingerprint density at radius 3 is 2.05 bits per heavy atom. The van der Waals surface area contributed by atoms with Crippen molar-refractivity contribution in [2.24, 2.45) is 0 Å². The van der Waals surface area contributed by atoms with Gasteiger partial charge in [-0.05, 0) is 32.1 Å². The molecule has 0 saturated heterocycles. The monoisotopic (exact) mass is 264 g/mol. The van der Waals surface area contributed by atoms with Gasteiger partial charge in [0.2, 0.25) is 0 Å². The summed E-state index contributed by atoms with van der Waals surface area (Å²) in [6.45, 7) is 10.2. The Morgan fingerprint density at radius 2 is 1.47 bits per heavy atom. The van der Waals surface area contributed by atoms with Crippen molar-refractivity contribution in [3.8, 4) is 0 Å². The zero-order valence-corrected chi connectivity index (χ0v) is 13.5. The van der Waals surface area contributed by atoms with E-state index in [0.717, 1.165) is 25.8 Å². The Kier molecular flexibility index (Phi) is 7.85. The largest absolute Gasteiger partial charge is 0.332 e. The fraction of sp³-hybridized carbons (Fsp3) is 0.824. The van der Waals surface area contributed by atoms with Gasteiger partial charge in [-0.15, -0.1) is 0 Å². The molecule has 1 aromatic rings. The minimum Gasteiger partial charge on any atom is -0.332 e. The number of imidazole rings is 1. The van der Waals surface area contributed by atoms with Crippen LogP contribution in [0.5, 0.6) is 0 Å². The second-order valence-corrected chi connectivity index (χ2v) is 5.49. The summed E-state index contributed by atoms with van der Waals surface area (Å²) in [7, 11) is 0. The van der Waals surface area contributed by atoms with Gasteiger partial charge in [0.25, 0.3) is 0 Å². The first-order valence-electron chi connectivity index (χ1n) is 8.35. The highest BCUT2D eigenvalue weighted by Crippen LogP contribution is 2.18. The van der Waals surface area contributed by atoms with Crippen LogP contribution in [0.4, 0.5) is 0 Å². The highest BCUT2D eigenvalue weighted by Gasteiger charge is 2.14. The summed E-state index contributed by atoms with van der Waals surface area (Å²) in [4.78, 5) is 4.97. The molecule has 0 atom stereocenters. The van der Waals surface area contributed by atoms with E-state index in [1.54, 1.807) is 0 Å². The lowest BCUT2D eigenvalue weighted by atomic mass is 10.1. The number of unbranched alkanes of at least 4 members (excludes halogenated alkanes) is 3. The zero-order valence-electron chi connectivity index (χ0n) is 13.5. The lowest BCUT2D eigenvalue weighted by Crippen LogP contribution is -2.08. The van der Waals surface area contributed by atoms with Crippen LogP contribution >= 0.6 is 0 Å². The molecule has 2 nitrogen and oxygen atoms in total. The van der Waals surface area contributed by atoms with Crippen molar-refractivity contribution in [2.45, 2.75) is 92.0 Å². The first-order valence-corrected chi connectivity index (χ1v) is 8.35. The molecule has 1 heterocycles. The summed E-state index contributed by atoms with van der Waals surface area (Å²) in [6.07, 6.45) is 11.0. The van der Waals surface area contributed by atoms with Crippen molar-refractivity contribution in [1.29, 1.82) is 0 Å². The minimum absolute atomic E-state index is 1.13. The van der Waals surface area contributed by atoms with Crippen LogP contribution in [0.2, 0.25) is 0 Å². The van der Waals surface area contributed by atoms with Gasteiger partial charge in [0.1, 0.15) is 5.82 Å². The smallest absolute Gasteiger partial charge is 0.109 e. The Morgan fingerprint density at radius 1 is 0.842 bits per heavy atom. The summed E-state index contributed by atoms with van der Waals surface area (Å²) in [5.41, 5.74) is 2.89. The molecule has 0 saturated carbocycles. The third kappa shape index (κ3) is 4.67. The second-order valence-electron chi connectivity index (χ2n) is 5.49. The third-order valence-electron chi connectivity index (χ3n) is 3.83. The van der Waals surface area contributed by atoms with Crippen molar-refractivity contribution in [3.63, 3.8) is 0 Å². The van der Waals surface area contributed by atoms with Crippen LogP contribution in [0.25, 0.3) is 0 Å². The van der Waals surface area contributed by atoms with Gasteiger partial charge in [-0.3, -0.25) is 0 Å². The van der Waals surface area contributed by atoms with Crippen molar-refractivity contribution in [2.75, 3.05) is 0 Å². The van der Waals surface area contributed by atoms with E-state index in [0.29, 0.717) is 0 Å². The van der Waals surface area contributed by atoms with Gasteiger partial charge < -0.3 is 4.57 Å². The molecule has 0 aliphatic heterocycles. The van der Waals surface area contributed by atoms with E-state index >= 15 is 0 Å². The fourth-order valence-electron chi connectivity index (χ4n) is 2.64. The number of rotatable bonds is 10. The summed E-state index contributed by atoms with van der Waals surface area (Å²) in [5.74, 6) is 1.35. The molecule has 0 aromatic carbocycles. The summed E-state index contributed by atoms with van der Waals surface area (Å²) in [6, 6.07) is 0. The molecular weight excluding hydrogens is 232 g/mol. The van der Waals surface area contributed by atoms with Crippen LogP contribution < -0.4 is 0 Å². The van der Waals surface area contributed by atoms with Crippen molar-refractivity contribution >= 4 is 0 Å². The molecule has 19 heavy (non-hydrogen) atoms. The number of hydrogen-bond acceptors (Lipinski definition) is 1. The molecule has 0 N–H and O–H groups in total. The molecule has 0 aliphatic carbocycles. The number of nitrogens with zero attached hydrogens (tertiary/aromatic N) is 2. The van der Waals surface area contributed by atoms with Crippen LogP contribution in [0.15, 0.2) is 0 Å². The van der Waals surface area contributed by atoms with Crippen molar-refractivity contribution in [1.82, 2.24) is 9.55 Å². The van der Waals surface area contributed by atoms with Gasteiger partial charge in [-0.2, -0.15) is 0 Å². The maximum absolute atomic E-state index is 4.97. The quantitative estimate of drug-likeness (QED) is 0.586. The molecule has 0 amide bonds. The Bertz CT molecular complexity index is 352. The molecule has 1 rings (SSSR count). The van der Waals surface area contributed by atoms with Crippen molar-refractivity contribution in [3.05, 3.63) is 17.2 Å². The molecule has 0 bridgehead atoms. The molecule has 2 heteroatoms. The Balaban J connectivity index is 2.94. The predicted octanol–water partition coefficient (Wildman–Crippen LogP) is 4.93. The number of aromatic nitrogens is 2. The van der Waals surface area contributed by atoms with E-state index in [1.165, 1.54) is 55.7 Å². The molecular formula is C17H32N2. The minimum atomic E-state index is 1.13. The average Bonchev–Trinajstić information content (AvgIpc) is 2.77. The van der Waals surface area contributed by atoms with E-state index in [4.69, 9.17) is 4.98 Å². The highest BCUT2D eigenvalue weighted by molar-refractivity contribution is 5.18. The topological polar surface area (TPSA) is 17.8 Å². The lowest BCUT2D eigenvalue weighted by molar-refractivity contribution is 0.573. The van der Waals surface area contributed by atoms with Gasteiger partial charge in [-0.1, -0.05) is 47.0 Å².